The van der Waals surface area contributed by atoms with Gasteiger partial charge in [-0.05, 0) is 17.2 Å². The summed E-state index contributed by atoms with van der Waals surface area (Å²) in [5.41, 5.74) is 1.80. The van der Waals surface area contributed by atoms with Crippen LogP contribution in [-0.4, -0.2) is 6.85 Å². The van der Waals surface area contributed by atoms with Crippen LogP contribution in [0.5, 0.6) is 0 Å². The first-order chi connectivity index (χ1) is 13.0. The third kappa shape index (κ3) is 2.79. The highest BCUT2D eigenvalue weighted by Gasteiger charge is 2.34. The molecule has 0 amide bonds. The van der Waals surface area contributed by atoms with E-state index in [1.54, 1.807) is 30.3 Å². The third-order valence-electron chi connectivity index (χ3n) is 4.50. The highest BCUT2D eigenvalue weighted by molar-refractivity contribution is 6.82. The van der Waals surface area contributed by atoms with Gasteiger partial charge in [-0.15, -0.1) is 0 Å². The molecule has 3 aromatic carbocycles. The van der Waals surface area contributed by atoms with Gasteiger partial charge in [0.25, 0.3) is 0 Å². The highest BCUT2D eigenvalue weighted by atomic mass is 19.2. The average Bonchev–Trinajstić information content (AvgIpc) is 2.71. The van der Waals surface area contributed by atoms with Gasteiger partial charge in [-0.25, -0.2) is 22.0 Å². The van der Waals surface area contributed by atoms with E-state index in [9.17, 15) is 22.0 Å². The second kappa shape index (κ2) is 6.57. The van der Waals surface area contributed by atoms with Crippen LogP contribution < -0.4 is 10.7 Å². The molecule has 1 N–H and O–H groups in total. The number of fused-ring (bicyclic) bond motifs is 1. The van der Waals surface area contributed by atoms with Crippen LogP contribution in [0.4, 0.5) is 27.6 Å². The van der Waals surface area contributed by atoms with Crippen molar-refractivity contribution in [2.75, 3.05) is 5.23 Å². The molecule has 134 valence electrons. The molecule has 1 heterocycles. The summed E-state index contributed by atoms with van der Waals surface area (Å²) in [6.45, 7) is -1.22. The molecule has 1 nitrogen and oxygen atoms in total. The first-order valence-corrected chi connectivity index (χ1v) is 8.13. The number of nitrogens with one attached hydrogen (secondary N) is 1. The lowest BCUT2D eigenvalue weighted by molar-refractivity contribution is 0.384. The van der Waals surface area contributed by atoms with Gasteiger partial charge in [-0.3, -0.25) is 0 Å². The topological polar surface area (TPSA) is 12.0 Å². The maximum absolute atomic E-state index is 14.3. The van der Waals surface area contributed by atoms with Crippen LogP contribution in [0.15, 0.2) is 60.6 Å². The number of anilines is 1. The summed E-state index contributed by atoms with van der Waals surface area (Å²) in [5, 5.41) is 2.86. The minimum absolute atomic E-state index is 0.535. The SMILES string of the molecule is Fc1c(F)c(F)c(B2C=C(c3ccccc3)c3ccccc3N2)c(F)c1F. The molecule has 0 aliphatic carbocycles. The van der Waals surface area contributed by atoms with Crippen molar-refractivity contribution in [3.05, 3.63) is 101 Å². The fourth-order valence-corrected chi connectivity index (χ4v) is 3.23. The van der Waals surface area contributed by atoms with Crippen molar-refractivity contribution < 1.29 is 22.0 Å². The lowest BCUT2D eigenvalue weighted by atomic mass is 9.52. The first-order valence-electron chi connectivity index (χ1n) is 8.13. The summed E-state index contributed by atoms with van der Waals surface area (Å²) < 4.78 is 69.3. The Morgan fingerprint density at radius 2 is 1.19 bits per heavy atom. The van der Waals surface area contributed by atoms with Gasteiger partial charge in [0.2, 0.25) is 0 Å². The third-order valence-corrected chi connectivity index (χ3v) is 4.50. The van der Waals surface area contributed by atoms with Crippen molar-refractivity contribution in [2.24, 2.45) is 0 Å². The molecule has 0 fully saturated rings. The average molecular weight is 371 g/mol. The minimum atomic E-state index is -2.17. The monoisotopic (exact) mass is 371 g/mol. The molecule has 0 unspecified atom stereocenters. The van der Waals surface area contributed by atoms with Crippen LogP contribution in [0.1, 0.15) is 11.1 Å². The summed E-state index contributed by atoms with van der Waals surface area (Å²) in [6, 6.07) is 16.1. The lowest BCUT2D eigenvalue weighted by Gasteiger charge is -2.25. The van der Waals surface area contributed by atoms with Crippen molar-refractivity contribution in [3.63, 3.8) is 0 Å². The molecule has 0 saturated heterocycles. The Morgan fingerprint density at radius 1 is 0.630 bits per heavy atom. The number of hydrogen-bond donors (Lipinski definition) is 1. The largest absolute Gasteiger partial charge is 0.420 e. The molecule has 0 radical (unpaired) electrons. The van der Waals surface area contributed by atoms with Crippen LogP contribution in [0.25, 0.3) is 5.57 Å². The molecule has 1 aliphatic rings. The lowest BCUT2D eigenvalue weighted by Crippen LogP contribution is -2.44. The molecule has 1 aliphatic heterocycles. The molecule has 4 rings (SSSR count). The maximum Gasteiger partial charge on any atom is 0.320 e. The zero-order valence-corrected chi connectivity index (χ0v) is 13.7. The zero-order valence-electron chi connectivity index (χ0n) is 13.7. The summed E-state index contributed by atoms with van der Waals surface area (Å²) in [6.07, 6.45) is 0. The number of benzene rings is 3. The molecule has 27 heavy (non-hydrogen) atoms. The fourth-order valence-electron chi connectivity index (χ4n) is 3.23. The van der Waals surface area contributed by atoms with Crippen molar-refractivity contribution in [2.45, 2.75) is 0 Å². The first kappa shape index (κ1) is 17.3. The zero-order chi connectivity index (χ0) is 19.1. The molecular formula is C20H11BF5N. The van der Waals surface area contributed by atoms with Crippen molar-refractivity contribution in [3.8, 4) is 0 Å². The quantitative estimate of drug-likeness (QED) is 0.299. The fraction of sp³-hybridized carbons (Fsp3) is 0. The van der Waals surface area contributed by atoms with E-state index in [-0.39, 0.29) is 0 Å². The van der Waals surface area contributed by atoms with Crippen molar-refractivity contribution >= 4 is 23.6 Å². The molecule has 0 bridgehead atoms. The van der Waals surface area contributed by atoms with Gasteiger partial charge in [0, 0.05) is 16.7 Å². The summed E-state index contributed by atoms with van der Waals surface area (Å²) in [7, 11) is 0. The second-order valence-electron chi connectivity index (χ2n) is 6.10. The molecule has 0 spiro atoms. The number of halogens is 5. The van der Waals surface area contributed by atoms with E-state index in [0.717, 1.165) is 11.1 Å². The van der Waals surface area contributed by atoms with Crippen LogP contribution in [0.3, 0.4) is 0 Å². The van der Waals surface area contributed by atoms with Crippen LogP contribution in [-0.2, 0) is 0 Å². The van der Waals surface area contributed by atoms with Gasteiger partial charge in [0.05, 0.1) is 0 Å². The van der Waals surface area contributed by atoms with Gasteiger partial charge in [0.15, 0.2) is 29.1 Å². The summed E-state index contributed by atoms with van der Waals surface area (Å²) in [4.78, 5) is 0. The van der Waals surface area contributed by atoms with E-state index in [1.807, 2.05) is 24.3 Å². The molecular weight excluding hydrogens is 360 g/mol. The number of rotatable bonds is 2. The predicted octanol–water partition coefficient (Wildman–Crippen LogP) is 4.68. The van der Waals surface area contributed by atoms with Crippen LogP contribution in [0, 0.1) is 29.1 Å². The van der Waals surface area contributed by atoms with Gasteiger partial charge in [-0.2, -0.15) is 0 Å². The Hall–Kier alpha value is -3.09. The van der Waals surface area contributed by atoms with Gasteiger partial charge >= 0.3 is 6.85 Å². The Balaban J connectivity index is 1.94. The Labute approximate surface area is 152 Å². The predicted molar refractivity (Wildman–Crippen MR) is 95.2 cm³/mol. The molecule has 0 atom stereocenters. The van der Waals surface area contributed by atoms with Crippen molar-refractivity contribution in [1.82, 2.24) is 0 Å². The number of hydrogen-bond acceptors (Lipinski definition) is 1. The normalized spacial score (nSPS) is 13.1. The van der Waals surface area contributed by atoms with E-state index >= 15 is 0 Å². The minimum Gasteiger partial charge on any atom is -0.420 e. The van der Waals surface area contributed by atoms with E-state index in [2.05, 4.69) is 5.23 Å². The molecule has 0 saturated carbocycles. The van der Waals surface area contributed by atoms with Gasteiger partial charge < -0.3 is 5.23 Å². The maximum atomic E-state index is 14.3. The van der Waals surface area contributed by atoms with Crippen LogP contribution in [0.2, 0.25) is 0 Å². The van der Waals surface area contributed by atoms with E-state index in [4.69, 9.17) is 0 Å². The van der Waals surface area contributed by atoms with E-state index in [1.165, 1.54) is 5.98 Å². The Morgan fingerprint density at radius 3 is 1.85 bits per heavy atom. The van der Waals surface area contributed by atoms with Gasteiger partial charge in [-0.1, -0.05) is 54.5 Å². The van der Waals surface area contributed by atoms with Crippen LogP contribution >= 0.6 is 0 Å². The Kier molecular flexibility index (Phi) is 4.22. The molecule has 7 heteroatoms. The highest BCUT2D eigenvalue weighted by Crippen LogP contribution is 2.33. The van der Waals surface area contributed by atoms with E-state index in [0.29, 0.717) is 11.3 Å². The second-order valence-corrected chi connectivity index (χ2v) is 6.10. The Bertz CT molecular complexity index is 1040. The standard InChI is InChI=1S/C20H11BF5N/c22-16-15(17(23)19(25)20(26)18(16)24)21-10-13(11-6-2-1-3-7-11)12-8-4-5-9-14(12)27-21/h1-10,27H. The summed E-state index contributed by atoms with van der Waals surface area (Å²) >= 11 is 0. The smallest absolute Gasteiger partial charge is 0.320 e. The number of para-hydroxylation sites is 1. The van der Waals surface area contributed by atoms with Crippen molar-refractivity contribution in [1.29, 1.82) is 0 Å². The van der Waals surface area contributed by atoms with Gasteiger partial charge in [0.1, 0.15) is 0 Å². The molecule has 3 aromatic rings. The molecule has 0 aromatic heterocycles. The van der Waals surface area contributed by atoms with E-state index < -0.39 is 41.4 Å². The summed E-state index contributed by atoms with van der Waals surface area (Å²) in [5.74, 6) is -8.30.